The van der Waals surface area contributed by atoms with Gasteiger partial charge in [-0.05, 0) is 24.3 Å². The minimum Gasteiger partial charge on any atom is -0.392 e. The highest BCUT2D eigenvalue weighted by Crippen LogP contribution is 2.27. The van der Waals surface area contributed by atoms with Crippen molar-refractivity contribution < 1.29 is 17.9 Å². The van der Waals surface area contributed by atoms with Crippen molar-refractivity contribution in [1.82, 2.24) is 4.98 Å². The number of hydrogen-bond donors (Lipinski definition) is 2. The van der Waals surface area contributed by atoms with Crippen LogP contribution in [-0.2, 0) is 16.6 Å². The first-order valence-electron chi connectivity index (χ1n) is 5.57. The molecule has 0 saturated heterocycles. The van der Waals surface area contributed by atoms with Gasteiger partial charge in [-0.2, -0.15) is 0 Å². The van der Waals surface area contributed by atoms with Crippen LogP contribution >= 0.6 is 27.5 Å². The van der Waals surface area contributed by atoms with Crippen molar-refractivity contribution >= 4 is 43.4 Å². The first-order chi connectivity index (χ1) is 9.85. The molecule has 0 amide bonds. The molecule has 0 spiro atoms. The molecule has 0 aliphatic carbocycles. The number of pyridine rings is 1. The van der Waals surface area contributed by atoms with E-state index in [1.807, 2.05) is 0 Å². The molecule has 9 heteroatoms. The zero-order valence-corrected chi connectivity index (χ0v) is 13.5. The van der Waals surface area contributed by atoms with Crippen LogP contribution in [0.15, 0.2) is 39.8 Å². The van der Waals surface area contributed by atoms with Gasteiger partial charge in [0.1, 0.15) is 10.7 Å². The Kier molecular flexibility index (Phi) is 4.82. The quantitative estimate of drug-likeness (QED) is 0.834. The summed E-state index contributed by atoms with van der Waals surface area (Å²) < 4.78 is 41.0. The van der Waals surface area contributed by atoms with Crippen molar-refractivity contribution in [2.45, 2.75) is 11.5 Å². The van der Waals surface area contributed by atoms with Crippen LogP contribution in [0.3, 0.4) is 0 Å². The molecule has 1 aromatic heterocycles. The lowest BCUT2D eigenvalue weighted by molar-refractivity contribution is 0.274. The molecule has 0 atom stereocenters. The zero-order chi connectivity index (χ0) is 15.6. The molecular weight excluding hydrogens is 387 g/mol. The Hall–Kier alpha value is -1.22. The molecule has 1 heterocycles. The van der Waals surface area contributed by atoms with Crippen molar-refractivity contribution in [2.24, 2.45) is 0 Å². The number of benzene rings is 1. The van der Waals surface area contributed by atoms with Crippen LogP contribution in [0.4, 0.5) is 10.2 Å². The van der Waals surface area contributed by atoms with E-state index in [4.69, 9.17) is 16.7 Å². The fraction of sp³-hybridized carbons (Fsp3) is 0.0833. The summed E-state index contributed by atoms with van der Waals surface area (Å²) in [5, 5.41) is 9.14. The van der Waals surface area contributed by atoms with Gasteiger partial charge < -0.3 is 5.11 Å². The van der Waals surface area contributed by atoms with Gasteiger partial charge in [0, 0.05) is 16.2 Å². The van der Waals surface area contributed by atoms with Crippen LogP contribution in [0, 0.1) is 5.82 Å². The molecular formula is C12H9BrClFN2O3S. The molecule has 2 rings (SSSR count). The number of anilines is 1. The van der Waals surface area contributed by atoms with Crippen molar-refractivity contribution in [3.05, 3.63) is 51.3 Å². The number of aliphatic hydroxyl groups is 1. The Balaban J connectivity index is 2.50. The third-order valence-corrected chi connectivity index (χ3v) is 4.63. The van der Waals surface area contributed by atoms with E-state index >= 15 is 0 Å². The molecule has 0 radical (unpaired) electrons. The lowest BCUT2D eigenvalue weighted by atomic mass is 10.2. The predicted molar refractivity (Wildman–Crippen MR) is 80.1 cm³/mol. The average molecular weight is 396 g/mol. The summed E-state index contributed by atoms with van der Waals surface area (Å²) in [6.07, 6.45) is 1.35. The smallest absolute Gasteiger partial charge is 0.266 e. The molecule has 0 fully saturated rings. The molecule has 0 aliphatic heterocycles. The number of halogens is 3. The molecule has 21 heavy (non-hydrogen) atoms. The van der Waals surface area contributed by atoms with E-state index in [1.165, 1.54) is 24.4 Å². The van der Waals surface area contributed by atoms with E-state index in [2.05, 4.69) is 25.6 Å². The van der Waals surface area contributed by atoms with Crippen molar-refractivity contribution in [3.8, 4) is 0 Å². The maximum atomic E-state index is 14.1. The first-order valence-corrected chi connectivity index (χ1v) is 8.22. The maximum Gasteiger partial charge on any atom is 0.266 e. The molecule has 0 bridgehead atoms. The van der Waals surface area contributed by atoms with Gasteiger partial charge in [0.25, 0.3) is 10.0 Å². The van der Waals surface area contributed by atoms with E-state index in [0.29, 0.717) is 4.47 Å². The van der Waals surface area contributed by atoms with Gasteiger partial charge in [-0.3, -0.25) is 4.72 Å². The summed E-state index contributed by atoms with van der Waals surface area (Å²) in [4.78, 5) is 3.17. The maximum absolute atomic E-state index is 14.1. The average Bonchev–Trinajstić information content (AvgIpc) is 2.43. The summed E-state index contributed by atoms with van der Waals surface area (Å²) in [7, 11) is -4.23. The fourth-order valence-corrected chi connectivity index (χ4v) is 3.63. The summed E-state index contributed by atoms with van der Waals surface area (Å²) in [6, 6.07) is 5.36. The van der Waals surface area contributed by atoms with Gasteiger partial charge >= 0.3 is 0 Å². The van der Waals surface area contributed by atoms with Crippen LogP contribution < -0.4 is 4.72 Å². The number of nitrogens with zero attached hydrogens (tertiary/aromatic N) is 1. The van der Waals surface area contributed by atoms with Gasteiger partial charge in [-0.25, -0.2) is 17.8 Å². The second-order valence-electron chi connectivity index (χ2n) is 3.97. The van der Waals surface area contributed by atoms with E-state index < -0.39 is 27.3 Å². The number of rotatable bonds is 4. The summed E-state index contributed by atoms with van der Waals surface area (Å²) in [6.45, 7) is -0.627. The van der Waals surface area contributed by atoms with E-state index in [-0.39, 0.29) is 16.4 Å². The molecule has 2 aromatic rings. The molecule has 112 valence electrons. The SMILES string of the molecule is O=S(=O)(Nc1ncccc1Cl)c1cc(Br)cc(CO)c1F. The van der Waals surface area contributed by atoms with E-state index in [9.17, 15) is 12.8 Å². The van der Waals surface area contributed by atoms with Crippen LogP contribution in [0.2, 0.25) is 5.02 Å². The Morgan fingerprint density at radius 3 is 2.76 bits per heavy atom. The fourth-order valence-electron chi connectivity index (χ4n) is 1.57. The molecule has 2 N–H and O–H groups in total. The van der Waals surface area contributed by atoms with E-state index in [1.54, 1.807) is 0 Å². The number of nitrogens with one attached hydrogen (secondary N) is 1. The number of aliphatic hydroxyl groups excluding tert-OH is 1. The molecule has 0 aliphatic rings. The standard InChI is InChI=1S/C12H9BrClFN2O3S/c13-8-4-7(6-18)11(15)10(5-8)21(19,20)17-12-9(14)2-1-3-16-12/h1-5,18H,6H2,(H,16,17). The third-order valence-electron chi connectivity index (χ3n) is 2.53. The topological polar surface area (TPSA) is 79.3 Å². The molecule has 0 unspecified atom stereocenters. The Bertz CT molecular complexity index is 786. The monoisotopic (exact) mass is 394 g/mol. The molecule has 0 saturated carbocycles. The largest absolute Gasteiger partial charge is 0.392 e. The zero-order valence-electron chi connectivity index (χ0n) is 10.3. The number of hydrogen-bond acceptors (Lipinski definition) is 4. The van der Waals surface area contributed by atoms with Gasteiger partial charge in [-0.1, -0.05) is 27.5 Å². The number of sulfonamides is 1. The second kappa shape index (κ2) is 6.27. The van der Waals surface area contributed by atoms with Crippen LogP contribution in [0.1, 0.15) is 5.56 Å². The van der Waals surface area contributed by atoms with Crippen molar-refractivity contribution in [3.63, 3.8) is 0 Å². The summed E-state index contributed by atoms with van der Waals surface area (Å²) in [5.74, 6) is -1.13. The van der Waals surface area contributed by atoms with E-state index in [0.717, 1.165) is 6.07 Å². The Morgan fingerprint density at radius 1 is 1.43 bits per heavy atom. The van der Waals surface area contributed by atoms with Crippen molar-refractivity contribution in [1.29, 1.82) is 0 Å². The predicted octanol–water partition coefficient (Wildman–Crippen LogP) is 2.93. The highest BCUT2D eigenvalue weighted by molar-refractivity contribution is 9.10. The minimum absolute atomic E-state index is 0.0823. The summed E-state index contributed by atoms with van der Waals surface area (Å²) >= 11 is 8.88. The third kappa shape index (κ3) is 3.52. The van der Waals surface area contributed by atoms with Gasteiger partial charge in [0.05, 0.1) is 11.6 Å². The van der Waals surface area contributed by atoms with Crippen LogP contribution in [0.5, 0.6) is 0 Å². The lowest BCUT2D eigenvalue weighted by Crippen LogP contribution is -2.16. The lowest BCUT2D eigenvalue weighted by Gasteiger charge is -2.11. The second-order valence-corrected chi connectivity index (χ2v) is 6.95. The first kappa shape index (κ1) is 16.2. The van der Waals surface area contributed by atoms with Gasteiger partial charge in [-0.15, -0.1) is 0 Å². The molecule has 5 nitrogen and oxygen atoms in total. The van der Waals surface area contributed by atoms with Crippen LogP contribution in [-0.4, -0.2) is 18.5 Å². The Morgan fingerprint density at radius 2 is 2.14 bits per heavy atom. The summed E-state index contributed by atoms with van der Waals surface area (Å²) in [5.41, 5.74) is -0.142. The van der Waals surface area contributed by atoms with Crippen LogP contribution in [0.25, 0.3) is 0 Å². The van der Waals surface area contributed by atoms with Gasteiger partial charge in [0.15, 0.2) is 5.82 Å². The van der Waals surface area contributed by atoms with Gasteiger partial charge in [0.2, 0.25) is 0 Å². The Labute approximate surface area is 134 Å². The molecule has 1 aromatic carbocycles. The van der Waals surface area contributed by atoms with Crippen molar-refractivity contribution in [2.75, 3.05) is 4.72 Å². The highest BCUT2D eigenvalue weighted by Gasteiger charge is 2.23. The normalized spacial score (nSPS) is 11.4. The highest BCUT2D eigenvalue weighted by atomic mass is 79.9. The number of aromatic nitrogens is 1. The minimum atomic E-state index is -4.23.